The van der Waals surface area contributed by atoms with E-state index in [1.165, 1.54) is 0 Å². The van der Waals surface area contributed by atoms with E-state index in [1.807, 2.05) is 38.1 Å². The number of benzene rings is 1. The summed E-state index contributed by atoms with van der Waals surface area (Å²) in [5, 5.41) is 0. The molecule has 1 unspecified atom stereocenters. The average molecular weight is 235 g/mol. The Bertz CT molecular complexity index is 361. The topological polar surface area (TPSA) is 52.3 Å². The summed E-state index contributed by atoms with van der Waals surface area (Å²) in [5.41, 5.74) is 6.32. The number of para-hydroxylation sites is 1. The van der Waals surface area contributed by atoms with Gasteiger partial charge in [-0.25, -0.2) is 0 Å². The van der Waals surface area contributed by atoms with Crippen LogP contribution in [0.4, 0.5) is 0 Å². The van der Waals surface area contributed by atoms with Crippen LogP contribution in [0.3, 0.4) is 0 Å². The molecule has 0 aliphatic rings. The first-order valence-corrected chi connectivity index (χ1v) is 6.15. The molecule has 0 aromatic heterocycles. The van der Waals surface area contributed by atoms with Crippen LogP contribution in [0.5, 0.6) is 5.75 Å². The van der Waals surface area contributed by atoms with Crippen molar-refractivity contribution in [3.63, 3.8) is 0 Å². The number of carbonyl (C=O) groups is 1. The Labute approximate surface area is 103 Å². The Morgan fingerprint density at radius 1 is 1.41 bits per heavy atom. The van der Waals surface area contributed by atoms with Gasteiger partial charge in [0.2, 0.25) is 0 Å². The Kier molecular flexibility index (Phi) is 5.70. The van der Waals surface area contributed by atoms with Crippen LogP contribution in [0.1, 0.15) is 43.5 Å². The molecule has 0 aliphatic heterocycles. The number of ketones is 1. The molecule has 0 fully saturated rings. The van der Waals surface area contributed by atoms with E-state index in [1.54, 1.807) is 0 Å². The van der Waals surface area contributed by atoms with Crippen LogP contribution in [0, 0.1) is 0 Å². The first kappa shape index (κ1) is 13.7. The van der Waals surface area contributed by atoms with Gasteiger partial charge in [-0.2, -0.15) is 0 Å². The minimum Gasteiger partial charge on any atom is -0.493 e. The minimum atomic E-state index is 0.0580. The van der Waals surface area contributed by atoms with Gasteiger partial charge in [0.05, 0.1) is 12.2 Å². The third kappa shape index (κ3) is 4.57. The Morgan fingerprint density at radius 2 is 2.12 bits per heavy atom. The maximum atomic E-state index is 12.0. The molecule has 0 bridgehead atoms. The lowest BCUT2D eigenvalue weighted by Crippen LogP contribution is -2.16. The molecule has 17 heavy (non-hydrogen) atoms. The molecule has 2 N–H and O–H groups in total. The zero-order valence-corrected chi connectivity index (χ0v) is 10.6. The summed E-state index contributed by atoms with van der Waals surface area (Å²) in [5.74, 6) is 0.790. The molecule has 1 rings (SSSR count). The Morgan fingerprint density at radius 3 is 2.76 bits per heavy atom. The fourth-order valence-electron chi connectivity index (χ4n) is 1.53. The lowest BCUT2D eigenvalue weighted by atomic mass is 10.0. The molecule has 0 saturated carbocycles. The summed E-state index contributed by atoms with van der Waals surface area (Å²) in [7, 11) is 0. The molecular formula is C14H21NO2. The van der Waals surface area contributed by atoms with Gasteiger partial charge in [0.25, 0.3) is 0 Å². The minimum absolute atomic E-state index is 0.0580. The van der Waals surface area contributed by atoms with Gasteiger partial charge in [-0.05, 0) is 31.9 Å². The third-order valence-corrected chi connectivity index (χ3v) is 2.48. The molecule has 94 valence electrons. The normalized spacial score (nSPS) is 12.2. The average Bonchev–Trinajstić information content (AvgIpc) is 2.33. The highest BCUT2D eigenvalue weighted by molar-refractivity contribution is 5.98. The summed E-state index contributed by atoms with van der Waals surface area (Å²) >= 11 is 0. The van der Waals surface area contributed by atoms with Gasteiger partial charge in [-0.3, -0.25) is 4.79 Å². The molecule has 0 saturated heterocycles. The SMILES string of the molecule is CCCOc1ccccc1C(=O)CCC(C)N. The van der Waals surface area contributed by atoms with Crippen LogP contribution < -0.4 is 10.5 Å². The Balaban J connectivity index is 2.70. The molecule has 3 heteroatoms. The smallest absolute Gasteiger partial charge is 0.166 e. The molecule has 1 aromatic carbocycles. The second-order valence-corrected chi connectivity index (χ2v) is 4.28. The van der Waals surface area contributed by atoms with Crippen LogP contribution in [0.25, 0.3) is 0 Å². The van der Waals surface area contributed by atoms with Gasteiger partial charge in [0.1, 0.15) is 5.75 Å². The van der Waals surface area contributed by atoms with Crippen LogP contribution in [0.15, 0.2) is 24.3 Å². The maximum Gasteiger partial charge on any atom is 0.166 e. The van der Waals surface area contributed by atoms with Crippen LogP contribution >= 0.6 is 0 Å². The largest absolute Gasteiger partial charge is 0.493 e. The number of hydrogen-bond donors (Lipinski definition) is 1. The molecule has 3 nitrogen and oxygen atoms in total. The van der Waals surface area contributed by atoms with E-state index in [0.717, 1.165) is 6.42 Å². The van der Waals surface area contributed by atoms with Crippen molar-refractivity contribution < 1.29 is 9.53 Å². The zero-order chi connectivity index (χ0) is 12.7. The Hall–Kier alpha value is -1.35. The molecule has 0 amide bonds. The molecule has 0 spiro atoms. The van der Waals surface area contributed by atoms with Crippen molar-refractivity contribution in [1.82, 2.24) is 0 Å². The van der Waals surface area contributed by atoms with E-state index in [4.69, 9.17) is 10.5 Å². The van der Waals surface area contributed by atoms with Gasteiger partial charge in [-0.1, -0.05) is 19.1 Å². The molecule has 0 radical (unpaired) electrons. The highest BCUT2D eigenvalue weighted by atomic mass is 16.5. The van der Waals surface area contributed by atoms with Crippen molar-refractivity contribution in [3.8, 4) is 5.75 Å². The zero-order valence-electron chi connectivity index (χ0n) is 10.6. The van der Waals surface area contributed by atoms with E-state index < -0.39 is 0 Å². The molecule has 1 aromatic rings. The number of nitrogens with two attached hydrogens (primary N) is 1. The van der Waals surface area contributed by atoms with E-state index in [0.29, 0.717) is 30.8 Å². The molecule has 1 atom stereocenters. The molecule has 0 heterocycles. The summed E-state index contributed by atoms with van der Waals surface area (Å²) in [6.07, 6.45) is 2.12. The van der Waals surface area contributed by atoms with Crippen LogP contribution in [-0.4, -0.2) is 18.4 Å². The van der Waals surface area contributed by atoms with Gasteiger partial charge in [0, 0.05) is 12.5 Å². The quantitative estimate of drug-likeness (QED) is 0.739. The van der Waals surface area contributed by atoms with Crippen molar-refractivity contribution in [2.45, 2.75) is 39.2 Å². The summed E-state index contributed by atoms with van der Waals surface area (Å²) in [6, 6.07) is 7.46. The van der Waals surface area contributed by atoms with Crippen LogP contribution in [-0.2, 0) is 0 Å². The van der Waals surface area contributed by atoms with E-state index in [-0.39, 0.29) is 11.8 Å². The van der Waals surface area contributed by atoms with Gasteiger partial charge < -0.3 is 10.5 Å². The standard InChI is InChI=1S/C14H21NO2/c1-3-10-17-14-7-5-4-6-12(14)13(16)9-8-11(2)15/h4-7,11H,3,8-10,15H2,1-2H3. The van der Waals surface area contributed by atoms with Crippen LogP contribution in [0.2, 0.25) is 0 Å². The van der Waals surface area contributed by atoms with E-state index in [9.17, 15) is 4.79 Å². The maximum absolute atomic E-state index is 12.0. The fourth-order valence-corrected chi connectivity index (χ4v) is 1.53. The fraction of sp³-hybridized carbons (Fsp3) is 0.500. The van der Waals surface area contributed by atoms with Crippen molar-refractivity contribution >= 4 is 5.78 Å². The van der Waals surface area contributed by atoms with Crippen molar-refractivity contribution in [1.29, 1.82) is 0 Å². The first-order valence-electron chi connectivity index (χ1n) is 6.15. The lowest BCUT2D eigenvalue weighted by molar-refractivity contribution is 0.0974. The predicted molar refractivity (Wildman–Crippen MR) is 69.4 cm³/mol. The number of ether oxygens (including phenoxy) is 1. The van der Waals surface area contributed by atoms with E-state index in [2.05, 4.69) is 0 Å². The highest BCUT2D eigenvalue weighted by Gasteiger charge is 2.12. The van der Waals surface area contributed by atoms with E-state index >= 15 is 0 Å². The lowest BCUT2D eigenvalue weighted by Gasteiger charge is -2.10. The highest BCUT2D eigenvalue weighted by Crippen LogP contribution is 2.20. The first-order chi connectivity index (χ1) is 8.15. The van der Waals surface area contributed by atoms with Gasteiger partial charge in [-0.15, -0.1) is 0 Å². The third-order valence-electron chi connectivity index (χ3n) is 2.48. The number of carbonyl (C=O) groups excluding carboxylic acids is 1. The van der Waals surface area contributed by atoms with Crippen molar-refractivity contribution in [2.24, 2.45) is 5.73 Å². The molecule has 0 aliphatic carbocycles. The van der Waals surface area contributed by atoms with Crippen molar-refractivity contribution in [2.75, 3.05) is 6.61 Å². The van der Waals surface area contributed by atoms with Crippen molar-refractivity contribution in [3.05, 3.63) is 29.8 Å². The predicted octanol–water partition coefficient (Wildman–Crippen LogP) is 2.79. The monoisotopic (exact) mass is 235 g/mol. The number of rotatable bonds is 7. The molecular weight excluding hydrogens is 214 g/mol. The summed E-state index contributed by atoms with van der Waals surface area (Å²) in [6.45, 7) is 4.59. The second-order valence-electron chi connectivity index (χ2n) is 4.28. The number of hydrogen-bond acceptors (Lipinski definition) is 3. The van der Waals surface area contributed by atoms with Gasteiger partial charge in [0.15, 0.2) is 5.78 Å². The summed E-state index contributed by atoms with van der Waals surface area (Å²) < 4.78 is 5.56. The second kappa shape index (κ2) is 7.07. The number of Topliss-reactive ketones (excluding diaryl/α,β-unsaturated/α-hetero) is 1. The van der Waals surface area contributed by atoms with Gasteiger partial charge >= 0.3 is 0 Å². The summed E-state index contributed by atoms with van der Waals surface area (Å²) in [4.78, 5) is 12.0.